The Balaban J connectivity index is 2.26. The van der Waals surface area contributed by atoms with E-state index in [4.69, 9.17) is 0 Å². The summed E-state index contributed by atoms with van der Waals surface area (Å²) in [6.07, 6.45) is 0.843. The van der Waals surface area contributed by atoms with E-state index in [0.29, 0.717) is 0 Å². The van der Waals surface area contributed by atoms with Gasteiger partial charge in [0.1, 0.15) is 5.82 Å². The highest BCUT2D eigenvalue weighted by Gasteiger charge is 2.14. The van der Waals surface area contributed by atoms with E-state index in [1.54, 1.807) is 0 Å². The van der Waals surface area contributed by atoms with Crippen LogP contribution >= 0.6 is 15.9 Å². The molecule has 2 aromatic rings. The van der Waals surface area contributed by atoms with E-state index in [1.807, 2.05) is 12.1 Å². The van der Waals surface area contributed by atoms with E-state index in [1.165, 1.54) is 23.3 Å². The third kappa shape index (κ3) is 3.90. The molecule has 1 nitrogen and oxygen atoms in total. The average molecular weight is 336 g/mol. The van der Waals surface area contributed by atoms with Crippen LogP contribution in [-0.4, -0.2) is 6.54 Å². The third-order valence-corrected chi connectivity index (χ3v) is 4.05. The van der Waals surface area contributed by atoms with Gasteiger partial charge in [0.25, 0.3) is 0 Å². The van der Waals surface area contributed by atoms with Crippen LogP contribution in [0.2, 0.25) is 0 Å². The van der Waals surface area contributed by atoms with Gasteiger partial charge in [-0.3, -0.25) is 0 Å². The van der Waals surface area contributed by atoms with Crippen molar-refractivity contribution in [3.8, 4) is 0 Å². The van der Waals surface area contributed by atoms with Crippen LogP contribution in [0.25, 0.3) is 0 Å². The summed E-state index contributed by atoms with van der Waals surface area (Å²) in [7, 11) is 0. The molecule has 0 aliphatic heterocycles. The van der Waals surface area contributed by atoms with Crippen LogP contribution in [0.1, 0.15) is 29.7 Å². The Hall–Kier alpha value is -1.19. The van der Waals surface area contributed by atoms with Crippen molar-refractivity contribution in [3.63, 3.8) is 0 Å². The first-order valence-electron chi connectivity index (χ1n) is 6.84. The summed E-state index contributed by atoms with van der Waals surface area (Å²) in [5.74, 6) is -0.189. The minimum absolute atomic E-state index is 0.189. The Morgan fingerprint density at radius 3 is 2.50 bits per heavy atom. The van der Waals surface area contributed by atoms with Gasteiger partial charge in [0.05, 0.1) is 0 Å². The van der Waals surface area contributed by atoms with Crippen molar-refractivity contribution in [2.24, 2.45) is 0 Å². The van der Waals surface area contributed by atoms with Crippen molar-refractivity contribution in [3.05, 3.63) is 69.4 Å². The van der Waals surface area contributed by atoms with Gasteiger partial charge in [-0.25, -0.2) is 4.39 Å². The van der Waals surface area contributed by atoms with Crippen LogP contribution in [0.3, 0.4) is 0 Å². The molecule has 0 aliphatic rings. The van der Waals surface area contributed by atoms with Crippen molar-refractivity contribution in [2.75, 3.05) is 6.54 Å². The molecular formula is C17H19BrFN. The number of hydrogen-bond acceptors (Lipinski definition) is 1. The van der Waals surface area contributed by atoms with Gasteiger partial charge >= 0.3 is 0 Å². The van der Waals surface area contributed by atoms with Gasteiger partial charge in [0.15, 0.2) is 0 Å². The molecule has 1 N–H and O–H groups in total. The smallest absolute Gasteiger partial charge is 0.123 e. The summed E-state index contributed by atoms with van der Waals surface area (Å²) in [6, 6.07) is 13.3. The maximum Gasteiger partial charge on any atom is 0.123 e. The van der Waals surface area contributed by atoms with Crippen molar-refractivity contribution >= 4 is 15.9 Å². The molecule has 0 fully saturated rings. The summed E-state index contributed by atoms with van der Waals surface area (Å²) in [5, 5.41) is 3.51. The first-order chi connectivity index (χ1) is 9.60. The minimum atomic E-state index is -0.189. The van der Waals surface area contributed by atoms with E-state index < -0.39 is 0 Å². The number of hydrogen-bond donors (Lipinski definition) is 1. The van der Waals surface area contributed by atoms with Crippen LogP contribution in [0.5, 0.6) is 0 Å². The quantitative estimate of drug-likeness (QED) is 0.828. The highest BCUT2D eigenvalue weighted by Crippen LogP contribution is 2.27. The Labute approximate surface area is 128 Å². The topological polar surface area (TPSA) is 12.0 Å². The molecule has 1 atom stereocenters. The number of halogens is 2. The fraction of sp³-hybridized carbons (Fsp3) is 0.294. The van der Waals surface area contributed by atoms with Gasteiger partial charge in [0.2, 0.25) is 0 Å². The molecule has 0 radical (unpaired) electrons. The van der Waals surface area contributed by atoms with Crippen LogP contribution in [0.15, 0.2) is 46.9 Å². The summed E-state index contributed by atoms with van der Waals surface area (Å²) in [6.45, 7) is 5.09. The highest BCUT2D eigenvalue weighted by molar-refractivity contribution is 9.10. The predicted molar refractivity (Wildman–Crippen MR) is 85.4 cm³/mol. The molecule has 0 spiro atoms. The molecule has 0 saturated carbocycles. The van der Waals surface area contributed by atoms with Gasteiger partial charge in [-0.1, -0.05) is 52.7 Å². The number of rotatable bonds is 5. The number of benzene rings is 2. The Morgan fingerprint density at radius 1 is 1.15 bits per heavy atom. The normalized spacial score (nSPS) is 12.4. The van der Waals surface area contributed by atoms with Crippen LogP contribution in [0.4, 0.5) is 4.39 Å². The van der Waals surface area contributed by atoms with Crippen molar-refractivity contribution in [1.29, 1.82) is 0 Å². The zero-order valence-corrected chi connectivity index (χ0v) is 13.4. The lowest BCUT2D eigenvalue weighted by molar-refractivity contribution is 0.546. The lowest BCUT2D eigenvalue weighted by Crippen LogP contribution is -2.23. The van der Waals surface area contributed by atoms with Crippen molar-refractivity contribution in [2.45, 2.75) is 26.3 Å². The zero-order valence-electron chi connectivity index (χ0n) is 11.8. The van der Waals surface area contributed by atoms with E-state index in [2.05, 4.69) is 53.3 Å². The Morgan fingerprint density at radius 2 is 1.85 bits per heavy atom. The molecule has 1 unspecified atom stereocenters. The van der Waals surface area contributed by atoms with Crippen LogP contribution < -0.4 is 5.32 Å². The molecule has 3 heteroatoms. The first-order valence-corrected chi connectivity index (χ1v) is 7.63. The molecule has 0 bridgehead atoms. The molecular weight excluding hydrogens is 317 g/mol. The lowest BCUT2D eigenvalue weighted by Gasteiger charge is -2.20. The maximum absolute atomic E-state index is 13.0. The van der Waals surface area contributed by atoms with Gasteiger partial charge in [-0.05, 0) is 49.2 Å². The Kier molecular flexibility index (Phi) is 5.32. The van der Waals surface area contributed by atoms with Crippen LogP contribution in [-0.2, 0) is 6.42 Å². The minimum Gasteiger partial charge on any atom is -0.310 e. The zero-order chi connectivity index (χ0) is 14.5. The van der Waals surface area contributed by atoms with E-state index in [0.717, 1.165) is 23.0 Å². The van der Waals surface area contributed by atoms with Gasteiger partial charge in [0, 0.05) is 10.5 Å². The lowest BCUT2D eigenvalue weighted by atomic mass is 9.97. The fourth-order valence-electron chi connectivity index (χ4n) is 2.32. The summed E-state index contributed by atoms with van der Waals surface area (Å²) >= 11 is 3.63. The largest absolute Gasteiger partial charge is 0.310 e. The summed E-state index contributed by atoms with van der Waals surface area (Å²) < 4.78 is 14.1. The number of nitrogens with one attached hydrogen (secondary N) is 1. The molecule has 0 amide bonds. The summed E-state index contributed by atoms with van der Waals surface area (Å²) in [4.78, 5) is 0. The molecule has 2 rings (SSSR count). The molecule has 0 aliphatic carbocycles. The van der Waals surface area contributed by atoms with Crippen molar-refractivity contribution < 1.29 is 4.39 Å². The second-order valence-corrected chi connectivity index (χ2v) is 5.82. The van der Waals surface area contributed by atoms with E-state index in [9.17, 15) is 4.39 Å². The van der Waals surface area contributed by atoms with E-state index in [-0.39, 0.29) is 11.9 Å². The Bertz CT molecular complexity index is 566. The average Bonchev–Trinajstić information content (AvgIpc) is 2.43. The maximum atomic E-state index is 13.0. The molecule has 0 saturated heterocycles. The summed E-state index contributed by atoms with van der Waals surface area (Å²) in [5.41, 5.74) is 3.62. The number of likely N-dealkylation sites (N-methyl/N-ethyl adjacent to an activating group) is 1. The molecule has 106 valence electrons. The highest BCUT2D eigenvalue weighted by atomic mass is 79.9. The molecule has 2 aromatic carbocycles. The molecule has 0 heterocycles. The third-order valence-electron chi connectivity index (χ3n) is 3.33. The van der Waals surface area contributed by atoms with Crippen molar-refractivity contribution in [1.82, 2.24) is 5.32 Å². The van der Waals surface area contributed by atoms with Gasteiger partial charge < -0.3 is 5.32 Å². The first kappa shape index (κ1) is 15.2. The molecule has 20 heavy (non-hydrogen) atoms. The standard InChI is InChI=1S/C17H19BrFN/c1-3-20-17(11-13-5-7-14(19)8-6-13)15-10-12(2)4-9-16(15)18/h4-10,17,20H,3,11H2,1-2H3. The van der Waals surface area contributed by atoms with Gasteiger partial charge in [-0.2, -0.15) is 0 Å². The van der Waals surface area contributed by atoms with Crippen LogP contribution in [0, 0.1) is 12.7 Å². The van der Waals surface area contributed by atoms with Gasteiger partial charge in [-0.15, -0.1) is 0 Å². The monoisotopic (exact) mass is 335 g/mol. The predicted octanol–water partition coefficient (Wildman–Crippen LogP) is 4.79. The second-order valence-electron chi connectivity index (χ2n) is 4.97. The van der Waals surface area contributed by atoms with E-state index >= 15 is 0 Å². The SMILES string of the molecule is CCNC(Cc1ccc(F)cc1)c1cc(C)ccc1Br. The number of aryl methyl sites for hydroxylation is 1. The second kappa shape index (κ2) is 7.00. The molecule has 0 aromatic heterocycles. The fourth-order valence-corrected chi connectivity index (χ4v) is 2.85.